The lowest BCUT2D eigenvalue weighted by molar-refractivity contribution is 0.0907. The number of benzene rings is 2. The Morgan fingerprint density at radius 1 is 1.04 bits per heavy atom. The second kappa shape index (κ2) is 7.04. The number of carbonyl (C=O) groups is 1. The predicted molar refractivity (Wildman–Crippen MR) is 101 cm³/mol. The van der Waals surface area contributed by atoms with E-state index in [2.05, 4.69) is 11.4 Å². The number of rotatable bonds is 5. The minimum atomic E-state index is -3.56. The summed E-state index contributed by atoms with van der Waals surface area (Å²) in [4.78, 5) is 12.9. The van der Waals surface area contributed by atoms with Crippen LogP contribution in [0.5, 0.6) is 0 Å². The van der Waals surface area contributed by atoms with Crippen LogP contribution in [0.1, 0.15) is 39.7 Å². The molecular formula is C21H19NO4S. The van der Waals surface area contributed by atoms with Gasteiger partial charge in [-0.05, 0) is 42.2 Å². The lowest BCUT2D eigenvalue weighted by atomic mass is 10.1. The van der Waals surface area contributed by atoms with E-state index in [4.69, 9.17) is 4.42 Å². The second-order valence-electron chi connectivity index (χ2n) is 6.61. The molecule has 0 spiro atoms. The Hall–Kier alpha value is -2.86. The first-order chi connectivity index (χ1) is 13.0. The number of nitrogens with one attached hydrogen (secondary N) is 1. The van der Waals surface area contributed by atoms with Crippen LogP contribution in [0.25, 0.3) is 0 Å². The zero-order valence-corrected chi connectivity index (χ0v) is 15.4. The first-order valence-corrected chi connectivity index (χ1v) is 10.4. The minimum Gasteiger partial charge on any atom is -0.459 e. The van der Waals surface area contributed by atoms with Crippen LogP contribution in [0.3, 0.4) is 0 Å². The monoisotopic (exact) mass is 381 g/mol. The minimum absolute atomic E-state index is 0.0545. The van der Waals surface area contributed by atoms with E-state index in [0.29, 0.717) is 5.56 Å². The van der Waals surface area contributed by atoms with E-state index in [1.807, 2.05) is 18.2 Å². The summed E-state index contributed by atoms with van der Waals surface area (Å²) in [6.07, 6.45) is 3.09. The van der Waals surface area contributed by atoms with Crippen LogP contribution in [0.2, 0.25) is 0 Å². The van der Waals surface area contributed by atoms with Crippen molar-refractivity contribution in [3.05, 3.63) is 89.4 Å². The number of hydrogen-bond acceptors (Lipinski definition) is 4. The third kappa shape index (κ3) is 3.53. The summed E-state index contributed by atoms with van der Waals surface area (Å²) in [5, 5.41) is 2.98. The molecule has 3 aromatic rings. The summed E-state index contributed by atoms with van der Waals surface area (Å²) in [6, 6.07) is 17.7. The van der Waals surface area contributed by atoms with Gasteiger partial charge in [-0.1, -0.05) is 42.5 Å². The first kappa shape index (κ1) is 17.5. The van der Waals surface area contributed by atoms with Crippen molar-refractivity contribution in [2.45, 2.75) is 29.5 Å². The molecule has 138 valence electrons. The summed E-state index contributed by atoms with van der Waals surface area (Å²) in [5.74, 6) is -0.615. The molecule has 0 fully saturated rings. The van der Waals surface area contributed by atoms with Gasteiger partial charge >= 0.3 is 0 Å². The highest BCUT2D eigenvalue weighted by molar-refractivity contribution is 7.90. The molecule has 1 heterocycles. The van der Waals surface area contributed by atoms with Gasteiger partial charge in [0.15, 0.2) is 15.6 Å². The molecular weight excluding hydrogens is 362 g/mol. The maximum absolute atomic E-state index is 12.7. The molecule has 1 amide bonds. The maximum atomic E-state index is 12.7. The molecule has 2 aromatic carbocycles. The lowest BCUT2D eigenvalue weighted by Gasteiger charge is -2.13. The molecule has 4 rings (SSSR count). The smallest absolute Gasteiger partial charge is 0.287 e. The fourth-order valence-electron chi connectivity index (χ4n) is 3.50. The molecule has 1 atom stereocenters. The highest BCUT2D eigenvalue weighted by Gasteiger charge is 2.27. The van der Waals surface area contributed by atoms with E-state index in [1.54, 1.807) is 30.3 Å². The Labute approximate surface area is 157 Å². The average Bonchev–Trinajstić information content (AvgIpc) is 3.29. The van der Waals surface area contributed by atoms with Crippen molar-refractivity contribution >= 4 is 15.7 Å². The zero-order valence-electron chi connectivity index (χ0n) is 14.6. The second-order valence-corrected chi connectivity index (χ2v) is 8.60. The number of hydrogen-bond donors (Lipinski definition) is 1. The van der Waals surface area contributed by atoms with Crippen LogP contribution in [0, 0.1) is 0 Å². The van der Waals surface area contributed by atoms with Crippen LogP contribution < -0.4 is 5.32 Å². The van der Waals surface area contributed by atoms with E-state index < -0.39 is 9.84 Å². The predicted octanol–water partition coefficient (Wildman–Crippen LogP) is 3.67. The van der Waals surface area contributed by atoms with Gasteiger partial charge in [-0.2, -0.15) is 0 Å². The Morgan fingerprint density at radius 3 is 2.59 bits per heavy atom. The zero-order chi connectivity index (χ0) is 18.9. The Morgan fingerprint density at radius 2 is 1.78 bits per heavy atom. The molecule has 1 unspecified atom stereocenters. The van der Waals surface area contributed by atoms with Gasteiger partial charge in [0.05, 0.1) is 23.0 Å². The Bertz CT molecular complexity index is 1070. The lowest BCUT2D eigenvalue weighted by Crippen LogP contribution is -2.27. The SMILES string of the molecule is O=C(NC1CCc2ccccc21)c1occc1CS(=O)(=O)c1ccccc1. The summed E-state index contributed by atoms with van der Waals surface area (Å²) in [5.41, 5.74) is 2.70. The van der Waals surface area contributed by atoms with Crippen molar-refractivity contribution in [1.82, 2.24) is 5.32 Å². The van der Waals surface area contributed by atoms with Crippen molar-refractivity contribution in [3.63, 3.8) is 0 Å². The summed E-state index contributed by atoms with van der Waals surface area (Å²) in [7, 11) is -3.56. The molecule has 0 saturated heterocycles. The molecule has 1 N–H and O–H groups in total. The normalized spacial score (nSPS) is 16.1. The fourth-order valence-corrected chi connectivity index (χ4v) is 4.87. The van der Waals surface area contributed by atoms with Gasteiger partial charge in [-0.3, -0.25) is 4.79 Å². The average molecular weight is 381 g/mol. The molecule has 6 heteroatoms. The molecule has 0 aliphatic heterocycles. The van der Waals surface area contributed by atoms with E-state index >= 15 is 0 Å². The van der Waals surface area contributed by atoms with Crippen LogP contribution in [0.4, 0.5) is 0 Å². The van der Waals surface area contributed by atoms with Crippen LogP contribution in [-0.2, 0) is 22.0 Å². The number of furan rings is 1. The van der Waals surface area contributed by atoms with Gasteiger partial charge < -0.3 is 9.73 Å². The van der Waals surface area contributed by atoms with Gasteiger partial charge in [-0.25, -0.2) is 8.42 Å². The third-order valence-electron chi connectivity index (χ3n) is 4.84. The highest BCUT2D eigenvalue weighted by Crippen LogP contribution is 2.31. The van der Waals surface area contributed by atoms with Crippen LogP contribution in [0.15, 0.2) is 76.2 Å². The molecule has 5 nitrogen and oxygen atoms in total. The molecule has 0 saturated carbocycles. The van der Waals surface area contributed by atoms with E-state index in [1.165, 1.54) is 17.9 Å². The van der Waals surface area contributed by atoms with E-state index in [-0.39, 0.29) is 28.4 Å². The van der Waals surface area contributed by atoms with Crippen molar-refractivity contribution in [1.29, 1.82) is 0 Å². The molecule has 27 heavy (non-hydrogen) atoms. The Kier molecular flexibility index (Phi) is 4.58. The van der Waals surface area contributed by atoms with Crippen molar-refractivity contribution in [2.75, 3.05) is 0 Å². The number of aryl methyl sites for hydroxylation is 1. The first-order valence-electron chi connectivity index (χ1n) is 8.77. The molecule has 1 aromatic heterocycles. The standard InChI is InChI=1S/C21H19NO4S/c23-21(22-19-11-10-15-6-4-5-9-18(15)19)20-16(12-13-26-20)14-27(24,25)17-7-2-1-3-8-17/h1-9,12-13,19H,10-11,14H2,(H,22,23). The molecule has 1 aliphatic rings. The molecule has 0 radical (unpaired) electrons. The van der Waals surface area contributed by atoms with Gasteiger partial charge in [0.1, 0.15) is 0 Å². The number of carbonyl (C=O) groups excluding carboxylic acids is 1. The fraction of sp³-hybridized carbons (Fsp3) is 0.190. The van der Waals surface area contributed by atoms with Crippen molar-refractivity contribution < 1.29 is 17.6 Å². The maximum Gasteiger partial charge on any atom is 0.287 e. The van der Waals surface area contributed by atoms with Crippen molar-refractivity contribution in [2.24, 2.45) is 0 Å². The van der Waals surface area contributed by atoms with Gasteiger partial charge in [0.2, 0.25) is 0 Å². The van der Waals surface area contributed by atoms with Crippen LogP contribution in [-0.4, -0.2) is 14.3 Å². The number of sulfone groups is 1. The quantitative estimate of drug-likeness (QED) is 0.732. The summed E-state index contributed by atoms with van der Waals surface area (Å²) in [6.45, 7) is 0. The molecule has 1 aliphatic carbocycles. The van der Waals surface area contributed by atoms with E-state index in [9.17, 15) is 13.2 Å². The van der Waals surface area contributed by atoms with Crippen LogP contribution >= 0.6 is 0 Å². The third-order valence-corrected chi connectivity index (χ3v) is 6.52. The molecule has 0 bridgehead atoms. The number of amides is 1. The summed E-state index contributed by atoms with van der Waals surface area (Å²) >= 11 is 0. The topological polar surface area (TPSA) is 76.4 Å². The van der Waals surface area contributed by atoms with Gasteiger partial charge in [0, 0.05) is 5.56 Å². The Balaban J connectivity index is 1.53. The van der Waals surface area contributed by atoms with Crippen molar-refractivity contribution in [3.8, 4) is 0 Å². The number of fused-ring (bicyclic) bond motifs is 1. The van der Waals surface area contributed by atoms with Gasteiger partial charge in [0.25, 0.3) is 5.91 Å². The summed E-state index contributed by atoms with van der Waals surface area (Å²) < 4.78 is 30.5. The van der Waals surface area contributed by atoms with E-state index in [0.717, 1.165) is 18.4 Å². The largest absolute Gasteiger partial charge is 0.459 e. The van der Waals surface area contributed by atoms with Gasteiger partial charge in [-0.15, -0.1) is 0 Å². The highest BCUT2D eigenvalue weighted by atomic mass is 32.2.